The summed E-state index contributed by atoms with van der Waals surface area (Å²) < 4.78 is 5.46. The lowest BCUT2D eigenvalue weighted by Gasteiger charge is -2.10. The summed E-state index contributed by atoms with van der Waals surface area (Å²) in [6.07, 6.45) is 10.1. The maximum Gasteiger partial charge on any atom is 0.145 e. The normalized spacial score (nSPS) is 20.3. The molecule has 2 aliphatic heterocycles. The first-order valence-electron chi connectivity index (χ1n) is 12.1. The number of benzene rings is 2. The number of nitrogens with zero attached hydrogens (tertiary/aromatic N) is 6. The fraction of sp³-hybridized carbons (Fsp3) is 0.143. The number of halogens is 4. The van der Waals surface area contributed by atoms with Gasteiger partial charge in [0.15, 0.2) is 0 Å². The van der Waals surface area contributed by atoms with E-state index in [1.54, 1.807) is 106 Å². The van der Waals surface area contributed by atoms with Crippen molar-refractivity contribution in [3.63, 3.8) is 0 Å². The molecule has 0 spiro atoms. The Morgan fingerprint density at radius 2 is 1.14 bits per heavy atom. The molecule has 4 heterocycles. The molecule has 2 aromatic carbocycles. The Morgan fingerprint density at radius 1 is 0.714 bits per heavy atom. The van der Waals surface area contributed by atoms with Crippen LogP contribution in [-0.4, -0.2) is 30.6 Å². The van der Waals surface area contributed by atoms with Gasteiger partial charge in [-0.25, -0.2) is 9.97 Å². The van der Waals surface area contributed by atoms with Gasteiger partial charge in [0, 0.05) is 66.9 Å². The van der Waals surface area contributed by atoms with Gasteiger partial charge in [0.2, 0.25) is 0 Å². The quantitative estimate of drug-likeness (QED) is 0.194. The van der Waals surface area contributed by atoms with Crippen molar-refractivity contribution in [1.82, 2.24) is 19.1 Å². The number of rotatable bonds is 4. The minimum absolute atomic E-state index is 0.224. The van der Waals surface area contributed by atoms with Gasteiger partial charge in [-0.1, -0.05) is 58.5 Å². The van der Waals surface area contributed by atoms with E-state index in [0.717, 1.165) is 31.1 Å². The van der Waals surface area contributed by atoms with E-state index in [0.29, 0.717) is 31.5 Å². The van der Waals surface area contributed by atoms with Crippen molar-refractivity contribution in [1.29, 1.82) is 10.5 Å². The lowest BCUT2D eigenvalue weighted by Crippen LogP contribution is -1.93. The third-order valence-electron chi connectivity index (χ3n) is 5.97. The second kappa shape index (κ2) is 14.6. The van der Waals surface area contributed by atoms with Gasteiger partial charge in [-0.15, -0.1) is 47.0 Å². The minimum atomic E-state index is 0.224. The van der Waals surface area contributed by atoms with Crippen LogP contribution in [0.1, 0.15) is 21.6 Å². The highest BCUT2D eigenvalue weighted by Gasteiger charge is 2.29. The molecule has 42 heavy (non-hydrogen) atoms. The van der Waals surface area contributed by atoms with Gasteiger partial charge in [-0.05, 0) is 35.4 Å². The van der Waals surface area contributed by atoms with Crippen LogP contribution in [0, 0.1) is 22.7 Å². The first kappa shape index (κ1) is 31.3. The van der Waals surface area contributed by atoms with Crippen molar-refractivity contribution in [3.05, 3.63) is 114 Å². The summed E-state index contributed by atoms with van der Waals surface area (Å²) in [4.78, 5) is 7.97. The summed E-state index contributed by atoms with van der Waals surface area (Å²) in [5, 5.41) is 21.8. The molecule has 0 radical (unpaired) electrons. The molecule has 2 atom stereocenters. The highest BCUT2D eigenvalue weighted by molar-refractivity contribution is 8.26. The molecule has 0 unspecified atom stereocenters. The Hall–Kier alpha value is -2.12. The van der Waals surface area contributed by atoms with Gasteiger partial charge in [-0.3, -0.25) is 9.13 Å². The maximum atomic E-state index is 9.38. The molecule has 14 heteroatoms. The number of nitriles is 2. The highest BCUT2D eigenvalue weighted by Crippen LogP contribution is 2.54. The van der Waals surface area contributed by atoms with E-state index in [2.05, 4.69) is 22.1 Å². The van der Waals surface area contributed by atoms with Crippen LogP contribution in [0.2, 0.25) is 20.1 Å². The van der Waals surface area contributed by atoms with E-state index in [1.165, 1.54) is 0 Å². The molecule has 2 fully saturated rings. The molecule has 6 nitrogen and oxygen atoms in total. The van der Waals surface area contributed by atoms with Crippen molar-refractivity contribution in [2.24, 2.45) is 0 Å². The van der Waals surface area contributed by atoms with Crippen LogP contribution < -0.4 is 0 Å². The van der Waals surface area contributed by atoms with Crippen LogP contribution in [0.15, 0.2) is 82.3 Å². The SMILES string of the molecule is N#C/C(=C1/SC[C@H](c2ccc(Cl)cc2Cl)S1)n1ccnc1.N#C/C(=C1\SC[C@H](c2ccc(Cl)cc2Cl)S1)n1ccnc1. The van der Waals surface area contributed by atoms with Crippen molar-refractivity contribution < 1.29 is 0 Å². The van der Waals surface area contributed by atoms with Gasteiger partial charge in [0.1, 0.15) is 23.5 Å². The molecule has 0 saturated carbocycles. The van der Waals surface area contributed by atoms with Crippen LogP contribution in [0.5, 0.6) is 0 Å². The van der Waals surface area contributed by atoms with E-state index in [1.807, 2.05) is 24.3 Å². The van der Waals surface area contributed by atoms with E-state index < -0.39 is 0 Å². The Kier molecular flexibility index (Phi) is 10.9. The summed E-state index contributed by atoms with van der Waals surface area (Å²) in [5.74, 6) is 1.75. The standard InChI is InChI=1S/2C14H9Cl2N3S2/c2*15-9-1-2-10(11(16)5-9)13-7-20-14(21-13)12(6-17)19-4-3-18-8-19/h2*1-5,8,13H,7H2/b14-12+;14-12-/t2*13-/m11/s1. The zero-order valence-corrected chi connectivity index (χ0v) is 27.6. The van der Waals surface area contributed by atoms with E-state index in [9.17, 15) is 10.5 Å². The van der Waals surface area contributed by atoms with E-state index >= 15 is 0 Å². The monoisotopic (exact) mass is 706 g/mol. The average Bonchev–Trinajstić information content (AvgIpc) is 3.79. The van der Waals surface area contributed by atoms with Gasteiger partial charge in [0.25, 0.3) is 0 Å². The summed E-state index contributed by atoms with van der Waals surface area (Å²) >= 11 is 31.1. The van der Waals surface area contributed by atoms with Crippen LogP contribution in [0.3, 0.4) is 0 Å². The Labute approximate surface area is 280 Å². The number of thioether (sulfide) groups is 4. The van der Waals surface area contributed by atoms with Crippen molar-refractivity contribution in [3.8, 4) is 12.1 Å². The number of allylic oxidation sites excluding steroid dienone is 2. The van der Waals surface area contributed by atoms with Gasteiger partial charge >= 0.3 is 0 Å². The lowest BCUT2D eigenvalue weighted by molar-refractivity contribution is 1.10. The molecule has 0 amide bonds. The number of hydrogen-bond donors (Lipinski definition) is 0. The maximum absolute atomic E-state index is 9.38. The highest BCUT2D eigenvalue weighted by atomic mass is 35.5. The lowest BCUT2D eigenvalue weighted by atomic mass is 10.2. The number of aromatic nitrogens is 4. The first-order valence-corrected chi connectivity index (χ1v) is 17.4. The molecule has 2 saturated heterocycles. The molecule has 212 valence electrons. The molecule has 2 aliphatic rings. The summed E-state index contributed by atoms with van der Waals surface area (Å²) in [5.41, 5.74) is 3.32. The third kappa shape index (κ3) is 7.32. The third-order valence-corrected chi connectivity index (χ3v) is 12.9. The summed E-state index contributed by atoms with van der Waals surface area (Å²) in [7, 11) is 0. The fourth-order valence-electron chi connectivity index (χ4n) is 3.98. The van der Waals surface area contributed by atoms with Crippen LogP contribution in [0.4, 0.5) is 0 Å². The van der Waals surface area contributed by atoms with Crippen LogP contribution in [0.25, 0.3) is 11.4 Å². The predicted molar refractivity (Wildman–Crippen MR) is 181 cm³/mol. The number of hydrogen-bond acceptors (Lipinski definition) is 8. The topological polar surface area (TPSA) is 83.2 Å². The molecular formula is C28H18Cl4N6S4. The molecule has 6 rings (SSSR count). The predicted octanol–water partition coefficient (Wildman–Crippen LogP) is 10.1. The molecule has 0 aliphatic carbocycles. The molecule has 0 N–H and O–H groups in total. The van der Waals surface area contributed by atoms with Crippen LogP contribution >= 0.6 is 93.5 Å². The van der Waals surface area contributed by atoms with E-state index in [4.69, 9.17) is 46.4 Å². The molecular weight excluding hydrogens is 690 g/mol. The average molecular weight is 709 g/mol. The first-order chi connectivity index (χ1) is 20.4. The molecule has 2 aromatic heterocycles. The Bertz CT molecular complexity index is 1600. The second-order valence-electron chi connectivity index (χ2n) is 8.60. The second-order valence-corrected chi connectivity index (χ2v) is 15.3. The fourth-order valence-corrected chi connectivity index (χ4v) is 11.0. The zero-order chi connectivity index (χ0) is 29.6. The van der Waals surface area contributed by atoms with Gasteiger partial charge < -0.3 is 0 Å². The number of imidazole rings is 2. The largest absolute Gasteiger partial charge is 0.296 e. The summed E-state index contributed by atoms with van der Waals surface area (Å²) in [6, 6.07) is 15.6. The smallest absolute Gasteiger partial charge is 0.145 e. The van der Waals surface area contributed by atoms with Crippen LogP contribution in [-0.2, 0) is 0 Å². The zero-order valence-electron chi connectivity index (χ0n) is 21.3. The molecule has 4 aromatic rings. The Balaban J connectivity index is 0.000000168. The van der Waals surface area contributed by atoms with E-state index in [-0.39, 0.29) is 10.5 Å². The Morgan fingerprint density at radius 3 is 1.48 bits per heavy atom. The van der Waals surface area contributed by atoms with Crippen molar-refractivity contribution in [2.45, 2.75) is 10.5 Å². The van der Waals surface area contributed by atoms with Gasteiger partial charge in [0.05, 0.1) is 21.1 Å². The van der Waals surface area contributed by atoms with Crippen molar-refractivity contribution >= 4 is 105 Å². The summed E-state index contributed by atoms with van der Waals surface area (Å²) in [6.45, 7) is 0. The van der Waals surface area contributed by atoms with Crippen molar-refractivity contribution in [2.75, 3.05) is 11.5 Å². The molecule has 0 bridgehead atoms. The van der Waals surface area contributed by atoms with Gasteiger partial charge in [-0.2, -0.15) is 10.5 Å². The minimum Gasteiger partial charge on any atom is -0.296 e.